The lowest BCUT2D eigenvalue weighted by atomic mass is 10.1. The van der Waals surface area contributed by atoms with Gasteiger partial charge in [0, 0.05) is 4.47 Å². The third kappa shape index (κ3) is 1.98. The Kier molecular flexibility index (Phi) is 2.47. The monoisotopic (exact) mass is 256 g/mol. The Hall–Kier alpha value is -0.670. The molecule has 0 nitrogen and oxygen atoms in total. The Morgan fingerprint density at radius 1 is 1.15 bits per heavy atom. The van der Waals surface area contributed by atoms with E-state index in [4.69, 9.17) is 0 Å². The molecule has 66 valence electrons. The fourth-order valence-corrected chi connectivity index (χ4v) is 2.28. The van der Waals surface area contributed by atoms with Crippen LogP contribution >= 0.6 is 27.3 Å². The Bertz CT molecular complexity index is 389. The Morgan fingerprint density at radius 2 is 2.00 bits per heavy atom. The summed E-state index contributed by atoms with van der Waals surface area (Å²) in [7, 11) is 0. The van der Waals surface area contributed by atoms with Crippen molar-refractivity contribution in [2.45, 2.75) is 0 Å². The van der Waals surface area contributed by atoms with Gasteiger partial charge in [0.15, 0.2) is 0 Å². The minimum Gasteiger partial charge on any atom is -0.207 e. The van der Waals surface area contributed by atoms with Crippen LogP contribution in [0.15, 0.2) is 39.5 Å². The van der Waals surface area contributed by atoms with Gasteiger partial charge in [-0.2, -0.15) is 11.3 Å². The molecule has 13 heavy (non-hydrogen) atoms. The maximum atomic E-state index is 13.0. The largest absolute Gasteiger partial charge is 0.207 e. The summed E-state index contributed by atoms with van der Waals surface area (Å²) in [6, 6.07) is 6.87. The van der Waals surface area contributed by atoms with Crippen molar-refractivity contribution in [3.8, 4) is 11.1 Å². The van der Waals surface area contributed by atoms with Crippen molar-refractivity contribution < 1.29 is 4.39 Å². The Labute approximate surface area is 88.2 Å². The van der Waals surface area contributed by atoms with E-state index in [9.17, 15) is 4.39 Å². The smallest absolute Gasteiger partial charge is 0.124 e. The van der Waals surface area contributed by atoms with Crippen molar-refractivity contribution in [1.29, 1.82) is 0 Å². The lowest BCUT2D eigenvalue weighted by Crippen LogP contribution is -1.78. The number of hydrogen-bond donors (Lipinski definition) is 0. The molecule has 3 heteroatoms. The van der Waals surface area contributed by atoms with Gasteiger partial charge in [-0.25, -0.2) is 4.39 Å². The highest BCUT2D eigenvalue weighted by atomic mass is 79.9. The van der Waals surface area contributed by atoms with Crippen molar-refractivity contribution in [1.82, 2.24) is 0 Å². The molecule has 0 aliphatic rings. The summed E-state index contributed by atoms with van der Waals surface area (Å²) in [5.41, 5.74) is 1.97. The number of hydrogen-bond acceptors (Lipinski definition) is 1. The lowest BCUT2D eigenvalue weighted by Gasteiger charge is -1.99. The molecule has 0 atom stereocenters. The minimum absolute atomic E-state index is 0.212. The second-order valence-electron chi connectivity index (χ2n) is 2.67. The molecule has 0 aliphatic heterocycles. The fraction of sp³-hybridized carbons (Fsp3) is 0. The van der Waals surface area contributed by atoms with Gasteiger partial charge in [0.1, 0.15) is 5.82 Å². The van der Waals surface area contributed by atoms with Crippen LogP contribution in [0.2, 0.25) is 0 Å². The number of halogens is 2. The van der Waals surface area contributed by atoms with E-state index in [1.54, 1.807) is 11.3 Å². The molecule has 0 radical (unpaired) electrons. The van der Waals surface area contributed by atoms with E-state index in [0.29, 0.717) is 0 Å². The second kappa shape index (κ2) is 3.60. The molecular formula is C10H6BrFS. The third-order valence-electron chi connectivity index (χ3n) is 1.72. The zero-order valence-corrected chi connectivity index (χ0v) is 9.03. The molecule has 2 rings (SSSR count). The maximum absolute atomic E-state index is 13.0. The van der Waals surface area contributed by atoms with Gasteiger partial charge >= 0.3 is 0 Å². The average Bonchev–Trinajstić information content (AvgIpc) is 2.53. The Morgan fingerprint density at radius 3 is 2.62 bits per heavy atom. The van der Waals surface area contributed by atoms with E-state index < -0.39 is 0 Å². The van der Waals surface area contributed by atoms with Crippen molar-refractivity contribution in [2.24, 2.45) is 0 Å². The summed E-state index contributed by atoms with van der Waals surface area (Å²) in [6.07, 6.45) is 0. The molecule has 0 N–H and O–H groups in total. The van der Waals surface area contributed by atoms with E-state index in [2.05, 4.69) is 15.9 Å². The summed E-state index contributed by atoms with van der Waals surface area (Å²) < 4.78 is 13.8. The molecule has 0 unspecified atom stereocenters. The molecule has 0 bridgehead atoms. The molecule has 1 heterocycles. The van der Waals surface area contributed by atoms with E-state index in [0.717, 1.165) is 15.6 Å². The van der Waals surface area contributed by atoms with Gasteiger partial charge in [0.2, 0.25) is 0 Å². The summed E-state index contributed by atoms with van der Waals surface area (Å²) in [6.45, 7) is 0. The molecule has 2 aromatic rings. The van der Waals surface area contributed by atoms with Crippen molar-refractivity contribution >= 4 is 27.3 Å². The number of benzene rings is 1. The van der Waals surface area contributed by atoms with Crippen LogP contribution in [0.25, 0.3) is 11.1 Å². The molecule has 1 aromatic heterocycles. The lowest BCUT2D eigenvalue weighted by molar-refractivity contribution is 0.627. The summed E-state index contributed by atoms with van der Waals surface area (Å²) in [5.74, 6) is -0.212. The highest BCUT2D eigenvalue weighted by Gasteiger charge is 2.01. The first-order valence-electron chi connectivity index (χ1n) is 3.74. The van der Waals surface area contributed by atoms with Crippen LogP contribution < -0.4 is 0 Å². The van der Waals surface area contributed by atoms with E-state index in [1.165, 1.54) is 12.1 Å². The zero-order chi connectivity index (χ0) is 9.26. The van der Waals surface area contributed by atoms with Gasteiger partial charge in [0.25, 0.3) is 0 Å². The third-order valence-corrected chi connectivity index (χ3v) is 2.86. The molecule has 0 saturated carbocycles. The highest BCUT2D eigenvalue weighted by molar-refractivity contribution is 9.10. The average molecular weight is 257 g/mol. The van der Waals surface area contributed by atoms with Crippen molar-refractivity contribution in [3.05, 3.63) is 45.3 Å². The molecule has 1 aromatic carbocycles. The molecule has 0 spiro atoms. The summed E-state index contributed by atoms with van der Waals surface area (Å²) >= 11 is 4.87. The molecule has 0 amide bonds. The second-order valence-corrected chi connectivity index (χ2v) is 4.37. The van der Waals surface area contributed by atoms with Crippen molar-refractivity contribution in [3.63, 3.8) is 0 Å². The fourth-order valence-electron chi connectivity index (χ4n) is 1.15. The number of thiophene rings is 1. The molecule has 0 saturated heterocycles. The predicted molar refractivity (Wildman–Crippen MR) is 57.4 cm³/mol. The topological polar surface area (TPSA) is 0 Å². The first-order chi connectivity index (χ1) is 6.25. The first kappa shape index (κ1) is 8.91. The molecule has 0 aliphatic carbocycles. The van der Waals surface area contributed by atoms with Crippen LogP contribution in [0.5, 0.6) is 0 Å². The standard InChI is InChI=1S/C10H6BrFS/c11-9-3-8(4-10(12)5-9)7-1-2-13-6-7/h1-6H. The van der Waals surface area contributed by atoms with Crippen LogP contribution in [0.4, 0.5) is 4.39 Å². The molecule has 0 fully saturated rings. The highest BCUT2D eigenvalue weighted by Crippen LogP contribution is 2.26. The minimum atomic E-state index is -0.212. The van der Waals surface area contributed by atoms with E-state index in [1.807, 2.05) is 22.9 Å². The number of rotatable bonds is 1. The van der Waals surface area contributed by atoms with Gasteiger partial charge in [-0.1, -0.05) is 15.9 Å². The van der Waals surface area contributed by atoms with Gasteiger partial charge in [-0.05, 0) is 46.2 Å². The van der Waals surface area contributed by atoms with Crippen LogP contribution in [0, 0.1) is 5.82 Å². The van der Waals surface area contributed by atoms with E-state index >= 15 is 0 Å². The van der Waals surface area contributed by atoms with Crippen LogP contribution in [0.1, 0.15) is 0 Å². The Balaban J connectivity index is 2.53. The van der Waals surface area contributed by atoms with E-state index in [-0.39, 0.29) is 5.82 Å². The van der Waals surface area contributed by atoms with Gasteiger partial charge in [-0.3, -0.25) is 0 Å². The van der Waals surface area contributed by atoms with Crippen molar-refractivity contribution in [2.75, 3.05) is 0 Å². The zero-order valence-electron chi connectivity index (χ0n) is 6.63. The first-order valence-corrected chi connectivity index (χ1v) is 5.48. The van der Waals surface area contributed by atoms with Crippen LogP contribution in [0.3, 0.4) is 0 Å². The normalized spacial score (nSPS) is 10.3. The SMILES string of the molecule is Fc1cc(Br)cc(-c2ccsc2)c1. The summed E-state index contributed by atoms with van der Waals surface area (Å²) in [4.78, 5) is 0. The van der Waals surface area contributed by atoms with Crippen LogP contribution in [-0.4, -0.2) is 0 Å². The summed E-state index contributed by atoms with van der Waals surface area (Å²) in [5, 5.41) is 3.98. The van der Waals surface area contributed by atoms with Gasteiger partial charge in [-0.15, -0.1) is 0 Å². The van der Waals surface area contributed by atoms with Gasteiger partial charge in [0.05, 0.1) is 0 Å². The maximum Gasteiger partial charge on any atom is 0.124 e. The predicted octanol–water partition coefficient (Wildman–Crippen LogP) is 4.32. The van der Waals surface area contributed by atoms with Gasteiger partial charge < -0.3 is 0 Å². The quantitative estimate of drug-likeness (QED) is 0.713. The molecular weight excluding hydrogens is 251 g/mol. The van der Waals surface area contributed by atoms with Crippen LogP contribution in [-0.2, 0) is 0 Å².